The smallest absolute Gasteiger partial charge is 0.119 e. The van der Waals surface area contributed by atoms with Crippen LogP contribution in [0.1, 0.15) is 32.3 Å². The van der Waals surface area contributed by atoms with Crippen LogP contribution in [0.5, 0.6) is 5.75 Å². The number of hydrogen-bond acceptors (Lipinski definition) is 3. The first-order valence-electron chi connectivity index (χ1n) is 7.20. The van der Waals surface area contributed by atoms with Crippen molar-refractivity contribution < 1.29 is 9.84 Å². The summed E-state index contributed by atoms with van der Waals surface area (Å²) in [6.45, 7) is 7.16. The molecule has 0 bridgehead atoms. The lowest BCUT2D eigenvalue weighted by atomic mass is 9.98. The van der Waals surface area contributed by atoms with Gasteiger partial charge in [0.1, 0.15) is 18.5 Å². The van der Waals surface area contributed by atoms with Gasteiger partial charge in [-0.25, -0.2) is 0 Å². The standard InChI is InChI=1S/C16H24ClNO2/c1-11-8-14(6-7-15(11)17)20-10-13(19)9-18-16(2,3)12-4-5-12/h6-8,12-13,18-19H,4-5,9-10H2,1-3H3. The zero-order valence-corrected chi connectivity index (χ0v) is 13.2. The predicted molar refractivity (Wildman–Crippen MR) is 82.5 cm³/mol. The number of ether oxygens (including phenoxy) is 1. The summed E-state index contributed by atoms with van der Waals surface area (Å²) in [6, 6.07) is 5.52. The van der Waals surface area contributed by atoms with E-state index in [1.54, 1.807) is 0 Å². The maximum absolute atomic E-state index is 9.99. The van der Waals surface area contributed by atoms with Crippen molar-refractivity contribution in [2.75, 3.05) is 13.2 Å². The van der Waals surface area contributed by atoms with E-state index < -0.39 is 6.10 Å². The molecule has 1 saturated carbocycles. The van der Waals surface area contributed by atoms with Gasteiger partial charge in [0.05, 0.1) is 0 Å². The average molecular weight is 298 g/mol. The number of hydrogen-bond donors (Lipinski definition) is 2. The number of benzene rings is 1. The Bertz CT molecular complexity index is 458. The number of halogens is 1. The van der Waals surface area contributed by atoms with Crippen molar-refractivity contribution in [1.82, 2.24) is 5.32 Å². The molecule has 4 heteroatoms. The zero-order chi connectivity index (χ0) is 14.8. The van der Waals surface area contributed by atoms with Gasteiger partial charge in [0.2, 0.25) is 0 Å². The van der Waals surface area contributed by atoms with E-state index in [1.807, 2.05) is 25.1 Å². The third-order valence-electron chi connectivity index (χ3n) is 3.96. The van der Waals surface area contributed by atoms with Crippen LogP contribution in [0.3, 0.4) is 0 Å². The number of aliphatic hydroxyl groups is 1. The van der Waals surface area contributed by atoms with E-state index in [4.69, 9.17) is 16.3 Å². The second kappa shape index (κ2) is 6.33. The summed E-state index contributed by atoms with van der Waals surface area (Å²) in [5.74, 6) is 1.49. The number of aliphatic hydroxyl groups excluding tert-OH is 1. The fourth-order valence-electron chi connectivity index (χ4n) is 2.29. The first-order chi connectivity index (χ1) is 9.38. The number of β-amino-alcohol motifs (C(OH)–C–C–N with tert-alkyl or cyclic N) is 1. The van der Waals surface area contributed by atoms with Crippen LogP contribution in [0, 0.1) is 12.8 Å². The molecule has 1 aromatic carbocycles. The van der Waals surface area contributed by atoms with Crippen LogP contribution in [-0.2, 0) is 0 Å². The summed E-state index contributed by atoms with van der Waals surface area (Å²) in [6.07, 6.45) is 2.07. The molecule has 2 rings (SSSR count). The van der Waals surface area contributed by atoms with Crippen molar-refractivity contribution in [3.05, 3.63) is 28.8 Å². The second-order valence-corrected chi connectivity index (χ2v) is 6.66. The molecular formula is C16H24ClNO2. The lowest BCUT2D eigenvalue weighted by Gasteiger charge is -2.27. The van der Waals surface area contributed by atoms with Gasteiger partial charge in [0.25, 0.3) is 0 Å². The van der Waals surface area contributed by atoms with E-state index in [1.165, 1.54) is 12.8 Å². The van der Waals surface area contributed by atoms with Gasteiger partial charge in [0.15, 0.2) is 0 Å². The fraction of sp³-hybridized carbons (Fsp3) is 0.625. The Morgan fingerprint density at radius 1 is 1.45 bits per heavy atom. The van der Waals surface area contributed by atoms with Gasteiger partial charge < -0.3 is 15.2 Å². The molecule has 0 saturated heterocycles. The van der Waals surface area contributed by atoms with Crippen LogP contribution < -0.4 is 10.1 Å². The van der Waals surface area contributed by atoms with Crippen LogP contribution in [0.15, 0.2) is 18.2 Å². The molecule has 1 aliphatic rings. The Kier molecular flexibility index (Phi) is 4.95. The molecule has 1 aromatic rings. The molecule has 3 nitrogen and oxygen atoms in total. The Morgan fingerprint density at radius 3 is 2.75 bits per heavy atom. The molecule has 2 N–H and O–H groups in total. The van der Waals surface area contributed by atoms with Crippen LogP contribution >= 0.6 is 11.6 Å². The molecule has 0 aromatic heterocycles. The molecule has 0 amide bonds. The van der Waals surface area contributed by atoms with Gasteiger partial charge in [-0.1, -0.05) is 11.6 Å². The molecule has 1 unspecified atom stereocenters. The minimum atomic E-state index is -0.510. The molecule has 0 radical (unpaired) electrons. The van der Waals surface area contributed by atoms with Crippen molar-refractivity contribution >= 4 is 11.6 Å². The quantitative estimate of drug-likeness (QED) is 0.812. The van der Waals surface area contributed by atoms with Gasteiger partial charge in [0, 0.05) is 17.1 Å². The molecular weight excluding hydrogens is 274 g/mol. The highest BCUT2D eigenvalue weighted by molar-refractivity contribution is 6.31. The van der Waals surface area contributed by atoms with Crippen LogP contribution in [0.4, 0.5) is 0 Å². The largest absolute Gasteiger partial charge is 0.491 e. The van der Waals surface area contributed by atoms with E-state index in [9.17, 15) is 5.11 Å². The Morgan fingerprint density at radius 2 is 2.15 bits per heavy atom. The Balaban J connectivity index is 1.74. The van der Waals surface area contributed by atoms with Gasteiger partial charge in [-0.2, -0.15) is 0 Å². The van der Waals surface area contributed by atoms with Crippen LogP contribution in [0.2, 0.25) is 5.02 Å². The zero-order valence-electron chi connectivity index (χ0n) is 12.4. The van der Waals surface area contributed by atoms with E-state index in [2.05, 4.69) is 19.2 Å². The first kappa shape index (κ1) is 15.6. The highest BCUT2D eigenvalue weighted by Crippen LogP contribution is 2.39. The summed E-state index contributed by atoms with van der Waals surface area (Å²) in [7, 11) is 0. The van der Waals surface area contributed by atoms with Crippen molar-refractivity contribution in [2.45, 2.75) is 45.3 Å². The maximum atomic E-state index is 9.99. The average Bonchev–Trinajstić information content (AvgIpc) is 3.22. The Labute approximate surface area is 126 Å². The van der Waals surface area contributed by atoms with Crippen molar-refractivity contribution in [2.24, 2.45) is 5.92 Å². The summed E-state index contributed by atoms with van der Waals surface area (Å²) < 4.78 is 5.60. The van der Waals surface area contributed by atoms with Crippen LogP contribution in [-0.4, -0.2) is 29.9 Å². The molecule has 20 heavy (non-hydrogen) atoms. The summed E-state index contributed by atoms with van der Waals surface area (Å²) in [4.78, 5) is 0. The Hall–Kier alpha value is -0.770. The van der Waals surface area contributed by atoms with Gasteiger partial charge >= 0.3 is 0 Å². The normalized spacial score (nSPS) is 17.1. The van der Waals surface area contributed by atoms with E-state index in [0.29, 0.717) is 6.54 Å². The molecule has 0 aliphatic heterocycles. The topological polar surface area (TPSA) is 41.5 Å². The van der Waals surface area contributed by atoms with E-state index in [-0.39, 0.29) is 12.1 Å². The van der Waals surface area contributed by atoms with Crippen molar-refractivity contribution in [1.29, 1.82) is 0 Å². The SMILES string of the molecule is Cc1cc(OCC(O)CNC(C)(C)C2CC2)ccc1Cl. The minimum Gasteiger partial charge on any atom is -0.491 e. The highest BCUT2D eigenvalue weighted by atomic mass is 35.5. The lowest BCUT2D eigenvalue weighted by molar-refractivity contribution is 0.0970. The van der Waals surface area contributed by atoms with Gasteiger partial charge in [-0.05, 0) is 63.3 Å². The summed E-state index contributed by atoms with van der Waals surface area (Å²) in [5.41, 5.74) is 1.09. The maximum Gasteiger partial charge on any atom is 0.119 e. The number of rotatable bonds is 7. The third kappa shape index (κ3) is 4.37. The van der Waals surface area contributed by atoms with E-state index in [0.717, 1.165) is 22.3 Å². The third-order valence-corrected chi connectivity index (χ3v) is 4.39. The minimum absolute atomic E-state index is 0.109. The molecule has 1 fully saturated rings. The van der Waals surface area contributed by atoms with Gasteiger partial charge in [-0.15, -0.1) is 0 Å². The van der Waals surface area contributed by atoms with Crippen molar-refractivity contribution in [3.63, 3.8) is 0 Å². The van der Waals surface area contributed by atoms with Crippen LogP contribution in [0.25, 0.3) is 0 Å². The summed E-state index contributed by atoms with van der Waals surface area (Å²) in [5, 5.41) is 14.1. The summed E-state index contributed by atoms with van der Waals surface area (Å²) >= 11 is 5.96. The molecule has 0 spiro atoms. The van der Waals surface area contributed by atoms with Crippen molar-refractivity contribution in [3.8, 4) is 5.75 Å². The predicted octanol–water partition coefficient (Wildman–Crippen LogP) is 3.17. The lowest BCUT2D eigenvalue weighted by Crippen LogP contribution is -2.46. The molecule has 0 heterocycles. The van der Waals surface area contributed by atoms with E-state index >= 15 is 0 Å². The second-order valence-electron chi connectivity index (χ2n) is 6.25. The highest BCUT2D eigenvalue weighted by Gasteiger charge is 2.37. The molecule has 1 aliphatic carbocycles. The fourth-order valence-corrected chi connectivity index (χ4v) is 2.41. The van der Waals surface area contributed by atoms with Gasteiger partial charge in [-0.3, -0.25) is 0 Å². The molecule has 112 valence electrons. The first-order valence-corrected chi connectivity index (χ1v) is 7.58. The number of aryl methyl sites for hydroxylation is 1. The molecule has 1 atom stereocenters. The number of nitrogens with one attached hydrogen (secondary N) is 1. The monoisotopic (exact) mass is 297 g/mol.